The molecule has 0 aromatic carbocycles. The van der Waals surface area contributed by atoms with Gasteiger partial charge in [-0.15, -0.1) is 0 Å². The molecule has 0 aliphatic heterocycles. The summed E-state index contributed by atoms with van der Waals surface area (Å²) in [6, 6.07) is 0. The van der Waals surface area contributed by atoms with Gasteiger partial charge in [0.15, 0.2) is 0 Å². The number of carboxylic acids is 1. The molecule has 0 saturated carbocycles. The highest BCUT2D eigenvalue weighted by atomic mass is 32.2. The summed E-state index contributed by atoms with van der Waals surface area (Å²) in [6.45, 7) is 3.56. The Morgan fingerprint density at radius 3 is 2.75 bits per heavy atom. The van der Waals surface area contributed by atoms with Crippen LogP contribution in [-0.2, 0) is 4.79 Å². The molecule has 0 bridgehead atoms. The Balaban J connectivity index is 3.41. The number of aliphatic hydroxyl groups is 1. The maximum absolute atomic E-state index is 10.6. The fourth-order valence-corrected chi connectivity index (χ4v) is 1.92. The zero-order valence-corrected chi connectivity index (χ0v) is 10.6. The third-order valence-electron chi connectivity index (χ3n) is 2.02. The first-order chi connectivity index (χ1) is 7.72. The second kappa shape index (κ2) is 11.0. The van der Waals surface area contributed by atoms with Crippen LogP contribution in [0.5, 0.6) is 0 Å². The van der Waals surface area contributed by atoms with Crippen molar-refractivity contribution in [3.05, 3.63) is 11.6 Å². The Morgan fingerprint density at radius 1 is 1.44 bits per heavy atom. The molecule has 0 rings (SSSR count). The molecule has 0 radical (unpaired) electrons. The summed E-state index contributed by atoms with van der Waals surface area (Å²) in [4.78, 5) is 10.6. The van der Waals surface area contributed by atoms with Crippen molar-refractivity contribution in [1.29, 1.82) is 0 Å². The molecule has 3 N–H and O–H groups in total. The van der Waals surface area contributed by atoms with Gasteiger partial charge in [0.2, 0.25) is 0 Å². The number of hydrogen-bond donors (Lipinski definition) is 3. The second-order valence-corrected chi connectivity index (χ2v) is 4.51. The standard InChI is InChI=1S/C11H21NO3S/c1-2-10(11(14)15)4-5-12-6-9-16-8-3-7-13/h4,12-13H,2-3,5-9H2,1H3,(H,14,15). The first-order valence-electron chi connectivity index (χ1n) is 5.54. The van der Waals surface area contributed by atoms with Crippen LogP contribution in [-0.4, -0.2) is 47.4 Å². The van der Waals surface area contributed by atoms with E-state index in [4.69, 9.17) is 10.2 Å². The minimum Gasteiger partial charge on any atom is -0.478 e. The molecular weight excluding hydrogens is 226 g/mol. The van der Waals surface area contributed by atoms with Crippen molar-refractivity contribution in [2.45, 2.75) is 19.8 Å². The van der Waals surface area contributed by atoms with E-state index >= 15 is 0 Å². The zero-order chi connectivity index (χ0) is 12.2. The monoisotopic (exact) mass is 247 g/mol. The van der Waals surface area contributed by atoms with E-state index in [2.05, 4.69) is 5.32 Å². The molecule has 0 fully saturated rings. The summed E-state index contributed by atoms with van der Waals surface area (Å²) in [6.07, 6.45) is 3.12. The summed E-state index contributed by atoms with van der Waals surface area (Å²) in [7, 11) is 0. The second-order valence-electron chi connectivity index (χ2n) is 3.28. The van der Waals surface area contributed by atoms with Crippen molar-refractivity contribution in [1.82, 2.24) is 5.32 Å². The van der Waals surface area contributed by atoms with E-state index in [9.17, 15) is 4.79 Å². The third kappa shape index (κ3) is 8.76. The van der Waals surface area contributed by atoms with Crippen LogP contribution in [0.4, 0.5) is 0 Å². The third-order valence-corrected chi connectivity index (χ3v) is 3.09. The van der Waals surface area contributed by atoms with Crippen molar-refractivity contribution in [3.63, 3.8) is 0 Å². The Labute approximate surface area is 101 Å². The predicted molar refractivity (Wildman–Crippen MR) is 67.9 cm³/mol. The van der Waals surface area contributed by atoms with E-state index in [1.165, 1.54) is 0 Å². The molecule has 0 spiro atoms. The van der Waals surface area contributed by atoms with Crippen molar-refractivity contribution in [2.75, 3.05) is 31.2 Å². The maximum Gasteiger partial charge on any atom is 0.331 e. The Morgan fingerprint density at radius 2 is 2.19 bits per heavy atom. The Hall–Kier alpha value is -0.520. The number of aliphatic hydroxyl groups excluding tert-OH is 1. The molecule has 0 heterocycles. The topological polar surface area (TPSA) is 69.6 Å². The van der Waals surface area contributed by atoms with Gasteiger partial charge in [-0.3, -0.25) is 0 Å². The number of hydrogen-bond acceptors (Lipinski definition) is 4. The molecule has 0 unspecified atom stereocenters. The molecule has 94 valence electrons. The minimum absolute atomic E-state index is 0.252. The van der Waals surface area contributed by atoms with Gasteiger partial charge in [-0.25, -0.2) is 4.79 Å². The van der Waals surface area contributed by atoms with Crippen LogP contribution in [0, 0.1) is 0 Å². The molecule has 0 amide bonds. The summed E-state index contributed by atoms with van der Waals surface area (Å²) < 4.78 is 0. The molecule has 0 aromatic rings. The highest BCUT2D eigenvalue weighted by Gasteiger charge is 2.01. The lowest BCUT2D eigenvalue weighted by molar-refractivity contribution is -0.132. The first kappa shape index (κ1) is 15.5. The average molecular weight is 247 g/mol. The van der Waals surface area contributed by atoms with Crippen LogP contribution < -0.4 is 5.32 Å². The normalized spacial score (nSPS) is 11.8. The largest absolute Gasteiger partial charge is 0.478 e. The van der Waals surface area contributed by atoms with Crippen LogP contribution in [0.15, 0.2) is 11.6 Å². The van der Waals surface area contributed by atoms with Gasteiger partial charge in [-0.1, -0.05) is 13.0 Å². The van der Waals surface area contributed by atoms with E-state index < -0.39 is 5.97 Å². The summed E-state index contributed by atoms with van der Waals surface area (Å²) in [5.41, 5.74) is 0.459. The lowest BCUT2D eigenvalue weighted by atomic mass is 10.2. The molecular formula is C11H21NO3S. The van der Waals surface area contributed by atoms with Gasteiger partial charge in [0, 0.05) is 31.0 Å². The maximum atomic E-state index is 10.6. The van der Waals surface area contributed by atoms with Crippen LogP contribution in [0.1, 0.15) is 19.8 Å². The summed E-state index contributed by atoms with van der Waals surface area (Å²) >= 11 is 1.79. The van der Waals surface area contributed by atoms with Crippen LogP contribution in [0.3, 0.4) is 0 Å². The van der Waals surface area contributed by atoms with Crippen LogP contribution in [0.2, 0.25) is 0 Å². The van der Waals surface area contributed by atoms with E-state index in [-0.39, 0.29) is 6.61 Å². The highest BCUT2D eigenvalue weighted by molar-refractivity contribution is 7.99. The molecule has 0 aromatic heterocycles. The van der Waals surface area contributed by atoms with Crippen molar-refractivity contribution < 1.29 is 15.0 Å². The zero-order valence-electron chi connectivity index (χ0n) is 9.74. The molecule has 16 heavy (non-hydrogen) atoms. The van der Waals surface area contributed by atoms with Crippen LogP contribution in [0.25, 0.3) is 0 Å². The molecule has 0 aliphatic carbocycles. The van der Waals surface area contributed by atoms with Crippen molar-refractivity contribution in [3.8, 4) is 0 Å². The molecule has 5 heteroatoms. The number of nitrogens with one attached hydrogen (secondary N) is 1. The lowest BCUT2D eigenvalue weighted by Gasteiger charge is -2.02. The van der Waals surface area contributed by atoms with E-state index in [0.29, 0.717) is 18.5 Å². The lowest BCUT2D eigenvalue weighted by Crippen LogP contribution is -2.18. The van der Waals surface area contributed by atoms with Gasteiger partial charge in [0.1, 0.15) is 0 Å². The van der Waals surface area contributed by atoms with E-state index in [0.717, 1.165) is 24.5 Å². The number of carbonyl (C=O) groups is 1. The van der Waals surface area contributed by atoms with Crippen molar-refractivity contribution in [2.24, 2.45) is 0 Å². The quantitative estimate of drug-likeness (QED) is 0.398. The average Bonchev–Trinajstić information content (AvgIpc) is 2.26. The molecule has 0 atom stereocenters. The fraction of sp³-hybridized carbons (Fsp3) is 0.727. The van der Waals surface area contributed by atoms with Gasteiger partial charge >= 0.3 is 5.97 Å². The van der Waals surface area contributed by atoms with Gasteiger partial charge in [0.25, 0.3) is 0 Å². The number of thioether (sulfide) groups is 1. The van der Waals surface area contributed by atoms with Gasteiger partial charge < -0.3 is 15.5 Å². The first-order valence-corrected chi connectivity index (χ1v) is 6.69. The highest BCUT2D eigenvalue weighted by Crippen LogP contribution is 2.01. The van der Waals surface area contributed by atoms with E-state index in [1.54, 1.807) is 17.8 Å². The Bertz CT molecular complexity index is 219. The summed E-state index contributed by atoms with van der Waals surface area (Å²) in [5, 5.41) is 20.5. The Kier molecular flexibility index (Phi) is 10.6. The molecule has 0 saturated heterocycles. The van der Waals surface area contributed by atoms with Gasteiger partial charge in [0.05, 0.1) is 0 Å². The molecule has 0 aliphatic rings. The smallest absolute Gasteiger partial charge is 0.331 e. The summed E-state index contributed by atoms with van der Waals surface area (Å²) in [5.74, 6) is 1.13. The number of rotatable bonds is 10. The van der Waals surface area contributed by atoms with E-state index in [1.807, 2.05) is 6.92 Å². The van der Waals surface area contributed by atoms with Gasteiger partial charge in [-0.2, -0.15) is 11.8 Å². The predicted octanol–water partition coefficient (Wildman–Crippen LogP) is 1.11. The van der Waals surface area contributed by atoms with Crippen LogP contribution >= 0.6 is 11.8 Å². The molecule has 4 nitrogen and oxygen atoms in total. The van der Waals surface area contributed by atoms with Gasteiger partial charge in [-0.05, 0) is 18.6 Å². The fourth-order valence-electron chi connectivity index (χ4n) is 1.09. The van der Waals surface area contributed by atoms with Crippen molar-refractivity contribution >= 4 is 17.7 Å². The SMILES string of the molecule is CCC(=CCNCCSCCCO)C(=O)O. The number of aliphatic carboxylic acids is 1. The minimum atomic E-state index is -0.832. The number of carboxylic acid groups (broad SMARTS) is 1.